The van der Waals surface area contributed by atoms with Crippen molar-refractivity contribution >= 4 is 0 Å². The summed E-state index contributed by atoms with van der Waals surface area (Å²) in [6, 6.07) is 3.57. The highest BCUT2D eigenvalue weighted by molar-refractivity contribution is 5.35. The topological polar surface area (TPSA) is 20.2 Å². The molecule has 1 aromatic rings. The van der Waals surface area contributed by atoms with Crippen molar-refractivity contribution in [3.8, 4) is 0 Å². The Morgan fingerprint density at radius 3 is 2.50 bits per heavy atom. The van der Waals surface area contributed by atoms with Crippen LogP contribution in [-0.4, -0.2) is 11.2 Å². The highest BCUT2D eigenvalue weighted by atomic mass is 19.1. The molecule has 0 bridgehead atoms. The normalized spacial score (nSPS) is 25.8. The molecule has 0 spiro atoms. The molecule has 2 atom stereocenters. The molecule has 16 heavy (non-hydrogen) atoms. The van der Waals surface area contributed by atoms with Crippen molar-refractivity contribution in [2.45, 2.75) is 51.6 Å². The molecule has 1 saturated carbocycles. The van der Waals surface area contributed by atoms with Crippen LogP contribution in [0.15, 0.2) is 12.1 Å². The molecule has 0 radical (unpaired) electrons. The minimum absolute atomic E-state index is 0.00523. The summed E-state index contributed by atoms with van der Waals surface area (Å²) in [5, 5.41) is 9.97. The molecular formula is C14H19FO. The molecule has 1 aliphatic carbocycles. The first-order valence-corrected chi connectivity index (χ1v) is 6.04. The number of benzene rings is 1. The van der Waals surface area contributed by atoms with E-state index in [4.69, 9.17) is 0 Å². The SMILES string of the molecule is Cc1cc(C)c(C2CCCCC2O)c(F)c1. The molecule has 1 nitrogen and oxygen atoms in total. The van der Waals surface area contributed by atoms with Crippen LogP contribution < -0.4 is 0 Å². The first-order valence-electron chi connectivity index (χ1n) is 6.04. The van der Waals surface area contributed by atoms with Crippen molar-refractivity contribution in [3.05, 3.63) is 34.6 Å². The fourth-order valence-corrected chi connectivity index (χ4v) is 2.84. The Kier molecular flexibility index (Phi) is 3.29. The quantitative estimate of drug-likeness (QED) is 0.771. The summed E-state index contributed by atoms with van der Waals surface area (Å²) in [7, 11) is 0. The van der Waals surface area contributed by atoms with Gasteiger partial charge in [0.25, 0.3) is 0 Å². The number of aryl methyl sites for hydroxylation is 2. The monoisotopic (exact) mass is 222 g/mol. The van der Waals surface area contributed by atoms with Crippen molar-refractivity contribution in [1.29, 1.82) is 0 Å². The Balaban J connectivity index is 2.38. The van der Waals surface area contributed by atoms with Gasteiger partial charge in [0, 0.05) is 5.92 Å². The smallest absolute Gasteiger partial charge is 0.127 e. The summed E-state index contributed by atoms with van der Waals surface area (Å²) in [5.41, 5.74) is 2.66. The third kappa shape index (κ3) is 2.12. The molecule has 0 amide bonds. The molecule has 88 valence electrons. The molecule has 0 saturated heterocycles. The number of hydrogen-bond donors (Lipinski definition) is 1. The highest BCUT2D eigenvalue weighted by Crippen LogP contribution is 2.36. The molecular weight excluding hydrogens is 203 g/mol. The summed E-state index contributed by atoms with van der Waals surface area (Å²) < 4.78 is 14.0. The zero-order valence-corrected chi connectivity index (χ0v) is 9.96. The minimum Gasteiger partial charge on any atom is -0.392 e. The molecule has 0 heterocycles. The van der Waals surface area contributed by atoms with E-state index in [1.165, 1.54) is 0 Å². The molecule has 2 heteroatoms. The molecule has 0 aliphatic heterocycles. The van der Waals surface area contributed by atoms with Gasteiger partial charge < -0.3 is 5.11 Å². The maximum absolute atomic E-state index is 14.0. The summed E-state index contributed by atoms with van der Waals surface area (Å²) >= 11 is 0. The average Bonchev–Trinajstić information content (AvgIpc) is 2.19. The van der Waals surface area contributed by atoms with Gasteiger partial charge in [0.2, 0.25) is 0 Å². The van der Waals surface area contributed by atoms with Crippen molar-refractivity contribution in [3.63, 3.8) is 0 Å². The average molecular weight is 222 g/mol. The van der Waals surface area contributed by atoms with Crippen molar-refractivity contribution in [2.24, 2.45) is 0 Å². The number of aliphatic hydroxyl groups is 1. The van der Waals surface area contributed by atoms with Crippen LogP contribution in [0.3, 0.4) is 0 Å². The minimum atomic E-state index is -0.371. The molecule has 2 rings (SSSR count). The van der Waals surface area contributed by atoms with E-state index in [0.717, 1.165) is 42.4 Å². The first-order chi connectivity index (χ1) is 7.59. The summed E-state index contributed by atoms with van der Waals surface area (Å²) in [4.78, 5) is 0. The van der Waals surface area contributed by atoms with Gasteiger partial charge in [0.05, 0.1) is 6.10 Å². The lowest BCUT2D eigenvalue weighted by molar-refractivity contribution is 0.104. The fraction of sp³-hybridized carbons (Fsp3) is 0.571. The van der Waals surface area contributed by atoms with Crippen LogP contribution in [0, 0.1) is 19.7 Å². The number of rotatable bonds is 1. The number of hydrogen-bond acceptors (Lipinski definition) is 1. The van der Waals surface area contributed by atoms with Crippen LogP contribution in [0.5, 0.6) is 0 Å². The number of aliphatic hydroxyl groups excluding tert-OH is 1. The Morgan fingerprint density at radius 2 is 1.88 bits per heavy atom. The van der Waals surface area contributed by atoms with Crippen LogP contribution in [0.2, 0.25) is 0 Å². The number of halogens is 1. The second kappa shape index (κ2) is 4.54. The van der Waals surface area contributed by atoms with Crippen LogP contribution in [0.25, 0.3) is 0 Å². The van der Waals surface area contributed by atoms with Crippen LogP contribution >= 0.6 is 0 Å². The summed E-state index contributed by atoms with van der Waals surface area (Å²) in [6.07, 6.45) is 3.49. The predicted octanol–water partition coefficient (Wildman–Crippen LogP) is 3.46. The van der Waals surface area contributed by atoms with Crippen molar-refractivity contribution < 1.29 is 9.50 Å². The van der Waals surface area contributed by atoms with E-state index in [0.29, 0.717) is 0 Å². The summed E-state index contributed by atoms with van der Waals surface area (Å²) in [5.74, 6) is -0.155. The zero-order chi connectivity index (χ0) is 11.7. The lowest BCUT2D eigenvalue weighted by Crippen LogP contribution is -2.24. The van der Waals surface area contributed by atoms with Crippen LogP contribution in [0.4, 0.5) is 4.39 Å². The van der Waals surface area contributed by atoms with Gasteiger partial charge in [-0.1, -0.05) is 18.9 Å². The van der Waals surface area contributed by atoms with Crippen molar-refractivity contribution in [2.75, 3.05) is 0 Å². The van der Waals surface area contributed by atoms with E-state index < -0.39 is 0 Å². The maximum atomic E-state index is 14.0. The Bertz CT molecular complexity index is 363. The zero-order valence-electron chi connectivity index (χ0n) is 9.96. The van der Waals surface area contributed by atoms with Gasteiger partial charge in [-0.25, -0.2) is 4.39 Å². The third-order valence-electron chi connectivity index (χ3n) is 3.58. The Hall–Kier alpha value is -0.890. The van der Waals surface area contributed by atoms with E-state index >= 15 is 0 Å². The van der Waals surface area contributed by atoms with Gasteiger partial charge in [-0.3, -0.25) is 0 Å². The largest absolute Gasteiger partial charge is 0.392 e. The molecule has 1 aliphatic rings. The van der Waals surface area contributed by atoms with Gasteiger partial charge in [-0.05, 0) is 49.4 Å². The van der Waals surface area contributed by atoms with Gasteiger partial charge in [0.15, 0.2) is 0 Å². The van der Waals surface area contributed by atoms with E-state index in [9.17, 15) is 9.50 Å². The Morgan fingerprint density at radius 1 is 1.19 bits per heavy atom. The predicted molar refractivity (Wildman–Crippen MR) is 63.1 cm³/mol. The standard InChI is InChI=1S/C14H19FO/c1-9-7-10(2)14(12(15)8-9)11-5-3-4-6-13(11)16/h7-8,11,13,16H,3-6H2,1-2H3. The first kappa shape index (κ1) is 11.6. The summed E-state index contributed by atoms with van der Waals surface area (Å²) in [6.45, 7) is 3.84. The third-order valence-corrected chi connectivity index (χ3v) is 3.58. The molecule has 2 unspecified atom stereocenters. The van der Waals surface area contributed by atoms with E-state index in [1.54, 1.807) is 6.07 Å². The fourth-order valence-electron chi connectivity index (χ4n) is 2.84. The van der Waals surface area contributed by atoms with Crippen molar-refractivity contribution in [1.82, 2.24) is 0 Å². The maximum Gasteiger partial charge on any atom is 0.127 e. The van der Waals surface area contributed by atoms with Gasteiger partial charge in [-0.15, -0.1) is 0 Å². The second-order valence-electron chi connectivity index (χ2n) is 4.94. The van der Waals surface area contributed by atoms with Gasteiger partial charge >= 0.3 is 0 Å². The van der Waals surface area contributed by atoms with E-state index in [1.807, 2.05) is 19.9 Å². The lowest BCUT2D eigenvalue weighted by Gasteiger charge is -2.29. The van der Waals surface area contributed by atoms with Crippen LogP contribution in [0.1, 0.15) is 48.3 Å². The van der Waals surface area contributed by atoms with Crippen LogP contribution in [-0.2, 0) is 0 Å². The lowest BCUT2D eigenvalue weighted by atomic mass is 9.79. The van der Waals surface area contributed by atoms with Gasteiger partial charge in [0.1, 0.15) is 5.82 Å². The second-order valence-corrected chi connectivity index (χ2v) is 4.94. The van der Waals surface area contributed by atoms with E-state index in [2.05, 4.69) is 0 Å². The molecule has 0 aromatic heterocycles. The van der Waals surface area contributed by atoms with Gasteiger partial charge in [-0.2, -0.15) is 0 Å². The van der Waals surface area contributed by atoms with E-state index in [-0.39, 0.29) is 17.8 Å². The molecule has 1 aromatic carbocycles. The highest BCUT2D eigenvalue weighted by Gasteiger charge is 2.28. The molecule has 1 fully saturated rings. The molecule has 1 N–H and O–H groups in total. The Labute approximate surface area is 96.3 Å².